The van der Waals surface area contributed by atoms with Crippen molar-refractivity contribution in [1.82, 2.24) is 10.6 Å². The second kappa shape index (κ2) is 8.12. The third kappa shape index (κ3) is 5.39. The van der Waals surface area contributed by atoms with Crippen LogP contribution in [0.2, 0.25) is 0 Å². The highest BCUT2D eigenvalue weighted by atomic mass is 16.4. The fraction of sp³-hybridized carbons (Fsp3) is 0.867. The maximum Gasteiger partial charge on any atom is 0.326 e. The molecule has 0 aliphatic heterocycles. The highest BCUT2D eigenvalue weighted by Crippen LogP contribution is 2.27. The first kappa shape index (κ1) is 16.8. The van der Waals surface area contributed by atoms with E-state index in [0.717, 1.165) is 25.2 Å². The van der Waals surface area contributed by atoms with Gasteiger partial charge in [0, 0.05) is 6.54 Å². The van der Waals surface area contributed by atoms with Crippen molar-refractivity contribution < 1.29 is 14.7 Å². The Morgan fingerprint density at radius 2 is 2.05 bits per heavy atom. The van der Waals surface area contributed by atoms with Crippen LogP contribution in [0.25, 0.3) is 0 Å². The molecule has 0 radical (unpaired) electrons. The fourth-order valence-corrected chi connectivity index (χ4v) is 2.86. The summed E-state index contributed by atoms with van der Waals surface area (Å²) in [5.41, 5.74) is 0. The summed E-state index contributed by atoms with van der Waals surface area (Å²) in [6.07, 6.45) is 5.52. The quantitative estimate of drug-likeness (QED) is 0.701. The van der Waals surface area contributed by atoms with Gasteiger partial charge in [0.2, 0.25) is 0 Å². The number of aliphatic carboxylic acids is 1. The predicted octanol–water partition coefficient (Wildman–Crippen LogP) is 2.61. The van der Waals surface area contributed by atoms with Gasteiger partial charge in [-0.15, -0.1) is 0 Å². The van der Waals surface area contributed by atoms with Crippen molar-refractivity contribution in [2.24, 2.45) is 17.8 Å². The zero-order valence-electron chi connectivity index (χ0n) is 12.8. The summed E-state index contributed by atoms with van der Waals surface area (Å²) >= 11 is 0. The monoisotopic (exact) mass is 284 g/mol. The Kier molecular flexibility index (Phi) is 6.82. The molecule has 0 bridgehead atoms. The Morgan fingerprint density at radius 1 is 1.35 bits per heavy atom. The number of carboxylic acid groups (broad SMARTS) is 1. The van der Waals surface area contributed by atoms with Crippen LogP contribution in [0, 0.1) is 17.8 Å². The lowest BCUT2D eigenvalue weighted by Gasteiger charge is -2.27. The van der Waals surface area contributed by atoms with Crippen molar-refractivity contribution in [3.05, 3.63) is 0 Å². The van der Waals surface area contributed by atoms with E-state index < -0.39 is 12.0 Å². The van der Waals surface area contributed by atoms with E-state index in [2.05, 4.69) is 17.6 Å². The van der Waals surface area contributed by atoms with Crippen molar-refractivity contribution >= 4 is 12.0 Å². The van der Waals surface area contributed by atoms with Crippen LogP contribution in [0.4, 0.5) is 4.79 Å². The van der Waals surface area contributed by atoms with Crippen molar-refractivity contribution in [3.8, 4) is 0 Å². The minimum Gasteiger partial charge on any atom is -0.480 e. The number of hydrogen-bond acceptors (Lipinski definition) is 2. The molecule has 1 rings (SSSR count). The summed E-state index contributed by atoms with van der Waals surface area (Å²) in [7, 11) is 0. The van der Waals surface area contributed by atoms with Crippen LogP contribution in [-0.4, -0.2) is 29.7 Å². The highest BCUT2D eigenvalue weighted by Gasteiger charge is 2.26. The molecule has 1 aliphatic rings. The van der Waals surface area contributed by atoms with Gasteiger partial charge in [-0.25, -0.2) is 9.59 Å². The van der Waals surface area contributed by atoms with E-state index in [-0.39, 0.29) is 11.9 Å². The van der Waals surface area contributed by atoms with Gasteiger partial charge < -0.3 is 15.7 Å². The van der Waals surface area contributed by atoms with E-state index >= 15 is 0 Å². The summed E-state index contributed by atoms with van der Waals surface area (Å²) in [5, 5.41) is 14.5. The van der Waals surface area contributed by atoms with Crippen molar-refractivity contribution in [2.75, 3.05) is 6.54 Å². The normalized spacial score (nSPS) is 25.6. The molecular weight excluding hydrogens is 256 g/mol. The van der Waals surface area contributed by atoms with Gasteiger partial charge in [0.25, 0.3) is 0 Å². The molecule has 0 heterocycles. The van der Waals surface area contributed by atoms with Gasteiger partial charge in [-0.2, -0.15) is 0 Å². The molecule has 20 heavy (non-hydrogen) atoms. The molecule has 5 heteroatoms. The predicted molar refractivity (Wildman–Crippen MR) is 78.5 cm³/mol. The minimum absolute atomic E-state index is 0.0760. The number of hydrogen-bond donors (Lipinski definition) is 3. The number of nitrogens with one attached hydrogen (secondary N) is 2. The smallest absolute Gasteiger partial charge is 0.326 e. The standard InChI is InChI=1S/C15H28N2O3/c1-4-11(3)13(14(18)19)17-15(20)16-9-12-7-5-6-10(2)8-12/h10-13H,4-9H2,1-3H3,(H,18,19)(H2,16,17,20)/t10?,11-,12?,13-/m0/s1. The van der Waals surface area contributed by atoms with Crippen LogP contribution in [0.15, 0.2) is 0 Å². The minimum atomic E-state index is -0.971. The summed E-state index contributed by atoms with van der Waals surface area (Å²) in [6, 6.07) is -1.18. The fourth-order valence-electron chi connectivity index (χ4n) is 2.86. The molecule has 2 unspecified atom stereocenters. The molecule has 5 nitrogen and oxygen atoms in total. The number of carboxylic acids is 1. The van der Waals surface area contributed by atoms with E-state index in [9.17, 15) is 9.59 Å². The average Bonchev–Trinajstić information content (AvgIpc) is 2.41. The highest BCUT2D eigenvalue weighted by molar-refractivity contribution is 5.82. The van der Waals surface area contributed by atoms with Gasteiger partial charge >= 0.3 is 12.0 Å². The van der Waals surface area contributed by atoms with Crippen LogP contribution in [0.3, 0.4) is 0 Å². The number of urea groups is 1. The van der Waals surface area contributed by atoms with Gasteiger partial charge in [0.1, 0.15) is 6.04 Å². The number of carbonyl (C=O) groups excluding carboxylic acids is 1. The summed E-state index contributed by atoms with van der Waals surface area (Å²) in [6.45, 7) is 6.64. The maximum atomic E-state index is 11.8. The van der Waals surface area contributed by atoms with Crippen molar-refractivity contribution in [1.29, 1.82) is 0 Å². The molecule has 4 atom stereocenters. The maximum absolute atomic E-state index is 11.8. The third-order valence-corrected chi connectivity index (χ3v) is 4.36. The molecule has 0 aromatic heterocycles. The topological polar surface area (TPSA) is 78.4 Å². The molecule has 0 aromatic rings. The molecule has 3 N–H and O–H groups in total. The van der Waals surface area contributed by atoms with Crippen LogP contribution in [-0.2, 0) is 4.79 Å². The largest absolute Gasteiger partial charge is 0.480 e. The molecule has 1 saturated carbocycles. The Hall–Kier alpha value is -1.26. The van der Waals surface area contributed by atoms with Crippen molar-refractivity contribution in [2.45, 2.75) is 58.9 Å². The van der Waals surface area contributed by atoms with Crippen LogP contribution in [0.1, 0.15) is 52.9 Å². The summed E-state index contributed by atoms with van der Waals surface area (Å²) in [5.74, 6) is 0.204. The number of rotatable bonds is 6. The first-order valence-corrected chi connectivity index (χ1v) is 7.71. The third-order valence-electron chi connectivity index (χ3n) is 4.36. The Bertz CT molecular complexity index is 333. The molecule has 0 spiro atoms. The molecule has 0 saturated heterocycles. The average molecular weight is 284 g/mol. The molecule has 2 amide bonds. The summed E-state index contributed by atoms with van der Waals surface area (Å²) < 4.78 is 0. The Morgan fingerprint density at radius 3 is 2.60 bits per heavy atom. The van der Waals surface area contributed by atoms with Crippen molar-refractivity contribution in [3.63, 3.8) is 0 Å². The van der Waals surface area contributed by atoms with Crippen LogP contribution < -0.4 is 10.6 Å². The van der Waals surface area contributed by atoms with Gasteiger partial charge in [-0.3, -0.25) is 0 Å². The lowest BCUT2D eigenvalue weighted by molar-refractivity contribution is -0.140. The zero-order valence-corrected chi connectivity index (χ0v) is 12.8. The second-order valence-electron chi connectivity index (χ2n) is 6.19. The molecular formula is C15H28N2O3. The molecule has 116 valence electrons. The van der Waals surface area contributed by atoms with E-state index in [4.69, 9.17) is 5.11 Å². The number of carbonyl (C=O) groups is 2. The van der Waals surface area contributed by atoms with Gasteiger partial charge in [-0.05, 0) is 30.6 Å². The Balaban J connectivity index is 2.36. The van der Waals surface area contributed by atoms with Gasteiger partial charge in [-0.1, -0.05) is 40.0 Å². The second-order valence-corrected chi connectivity index (χ2v) is 6.19. The summed E-state index contributed by atoms with van der Waals surface area (Å²) in [4.78, 5) is 23.0. The lowest BCUT2D eigenvalue weighted by atomic mass is 9.82. The van der Waals surface area contributed by atoms with Gasteiger partial charge in [0.05, 0.1) is 0 Å². The van der Waals surface area contributed by atoms with E-state index in [1.54, 1.807) is 0 Å². The molecule has 1 fully saturated rings. The first-order valence-electron chi connectivity index (χ1n) is 7.71. The molecule has 1 aliphatic carbocycles. The first-order chi connectivity index (χ1) is 9.43. The van der Waals surface area contributed by atoms with Crippen LogP contribution >= 0.6 is 0 Å². The van der Waals surface area contributed by atoms with E-state index in [1.807, 2.05) is 13.8 Å². The van der Waals surface area contributed by atoms with E-state index in [1.165, 1.54) is 12.8 Å². The SMILES string of the molecule is CC[C@H](C)[C@H](NC(=O)NCC1CCCC(C)C1)C(=O)O. The van der Waals surface area contributed by atoms with Crippen LogP contribution in [0.5, 0.6) is 0 Å². The van der Waals surface area contributed by atoms with Gasteiger partial charge in [0.15, 0.2) is 0 Å². The zero-order chi connectivity index (χ0) is 15.1. The lowest BCUT2D eigenvalue weighted by Crippen LogP contribution is -2.50. The van der Waals surface area contributed by atoms with E-state index in [0.29, 0.717) is 12.5 Å². The number of amides is 2. The Labute approximate surface area is 121 Å². The molecule has 0 aromatic carbocycles.